The van der Waals surface area contributed by atoms with Crippen molar-refractivity contribution in [1.29, 1.82) is 0 Å². The van der Waals surface area contributed by atoms with E-state index in [0.717, 1.165) is 30.2 Å². The Bertz CT molecular complexity index is 455. The fourth-order valence-corrected chi connectivity index (χ4v) is 3.63. The zero-order valence-electron chi connectivity index (χ0n) is 12.6. The van der Waals surface area contributed by atoms with Crippen LogP contribution in [-0.4, -0.2) is 24.1 Å². The summed E-state index contributed by atoms with van der Waals surface area (Å²) in [6.07, 6.45) is 4.16. The third-order valence-corrected chi connectivity index (χ3v) is 5.07. The third-order valence-electron chi connectivity index (χ3n) is 3.99. The highest BCUT2D eigenvalue weighted by molar-refractivity contribution is 7.15. The molecule has 0 saturated carbocycles. The lowest BCUT2D eigenvalue weighted by Gasteiger charge is -2.12. The number of aromatic nitrogens is 1. The number of ether oxygens (including phenoxy) is 1. The fraction of sp³-hybridized carbons (Fsp3) is 0.733. The summed E-state index contributed by atoms with van der Waals surface area (Å²) in [6.45, 7) is 7.68. The minimum absolute atomic E-state index is 0.122. The van der Waals surface area contributed by atoms with Gasteiger partial charge in [-0.05, 0) is 25.7 Å². The number of rotatable bonds is 7. The number of nitrogens with one attached hydrogen (secondary N) is 1. The molecule has 0 bridgehead atoms. The molecule has 20 heavy (non-hydrogen) atoms. The van der Waals surface area contributed by atoms with Crippen LogP contribution in [0.25, 0.3) is 0 Å². The van der Waals surface area contributed by atoms with Crippen LogP contribution in [0.3, 0.4) is 0 Å². The minimum Gasteiger partial charge on any atom is -0.465 e. The average Bonchev–Trinajstić information content (AvgIpc) is 2.99. The first-order valence-electron chi connectivity index (χ1n) is 7.59. The van der Waals surface area contributed by atoms with Crippen LogP contribution in [0.4, 0.5) is 5.13 Å². The predicted molar refractivity (Wildman–Crippen MR) is 82.4 cm³/mol. The highest BCUT2D eigenvalue weighted by atomic mass is 32.1. The van der Waals surface area contributed by atoms with Crippen LogP contribution in [-0.2, 0) is 16.0 Å². The molecule has 1 atom stereocenters. The van der Waals surface area contributed by atoms with Gasteiger partial charge < -0.3 is 10.1 Å². The summed E-state index contributed by atoms with van der Waals surface area (Å²) in [5.74, 6) is 0.419. The number of anilines is 1. The zero-order valence-corrected chi connectivity index (χ0v) is 13.4. The first-order valence-corrected chi connectivity index (χ1v) is 8.41. The predicted octanol–water partition coefficient (Wildman–Crippen LogP) is 3.58. The van der Waals surface area contributed by atoms with Crippen molar-refractivity contribution in [2.45, 2.75) is 52.4 Å². The largest absolute Gasteiger partial charge is 0.465 e. The van der Waals surface area contributed by atoms with E-state index in [1.165, 1.54) is 17.7 Å². The molecule has 5 heteroatoms. The molecule has 0 fully saturated rings. The van der Waals surface area contributed by atoms with Crippen molar-refractivity contribution in [2.75, 3.05) is 18.5 Å². The molecule has 0 aliphatic heterocycles. The van der Waals surface area contributed by atoms with Gasteiger partial charge in [-0.1, -0.05) is 26.7 Å². The summed E-state index contributed by atoms with van der Waals surface area (Å²) < 4.78 is 5.13. The van der Waals surface area contributed by atoms with Crippen molar-refractivity contribution in [1.82, 2.24) is 4.98 Å². The van der Waals surface area contributed by atoms with Gasteiger partial charge in [0.05, 0.1) is 12.3 Å². The first-order chi connectivity index (χ1) is 9.69. The SMILES string of the molecule is CCOC(=O)C1CCc2sc(NCC(CC)CC)nc21. The lowest BCUT2D eigenvalue weighted by molar-refractivity contribution is -0.145. The quantitative estimate of drug-likeness (QED) is 0.781. The van der Waals surface area contributed by atoms with Gasteiger partial charge in [-0.25, -0.2) is 4.98 Å². The molecular formula is C15H24N2O2S. The maximum absolute atomic E-state index is 11.9. The van der Waals surface area contributed by atoms with Crippen molar-refractivity contribution in [3.8, 4) is 0 Å². The fourth-order valence-electron chi connectivity index (χ4n) is 2.58. The molecule has 0 aromatic carbocycles. The normalized spacial score (nSPS) is 17.3. The van der Waals surface area contributed by atoms with Gasteiger partial charge >= 0.3 is 5.97 Å². The molecule has 0 radical (unpaired) electrons. The third kappa shape index (κ3) is 3.32. The van der Waals surface area contributed by atoms with E-state index in [0.29, 0.717) is 12.5 Å². The maximum atomic E-state index is 11.9. The standard InChI is InChI=1S/C15H24N2O2S/c1-4-10(5-2)9-16-15-17-13-11(14(18)19-6-3)7-8-12(13)20-15/h10-11H,4-9H2,1-3H3,(H,16,17). The molecule has 1 aromatic rings. The number of hydrogen-bond donors (Lipinski definition) is 1. The first kappa shape index (κ1) is 15.3. The topological polar surface area (TPSA) is 51.2 Å². The van der Waals surface area contributed by atoms with E-state index in [2.05, 4.69) is 24.1 Å². The smallest absolute Gasteiger partial charge is 0.315 e. The molecule has 2 rings (SSSR count). The molecule has 1 N–H and O–H groups in total. The molecular weight excluding hydrogens is 272 g/mol. The van der Waals surface area contributed by atoms with Crippen molar-refractivity contribution in [3.63, 3.8) is 0 Å². The number of carbonyl (C=O) groups is 1. The molecule has 0 saturated heterocycles. The number of carbonyl (C=O) groups excluding carboxylic acids is 1. The highest BCUT2D eigenvalue weighted by Gasteiger charge is 2.33. The summed E-state index contributed by atoms with van der Waals surface area (Å²) in [5, 5.41) is 4.38. The van der Waals surface area contributed by atoms with E-state index in [4.69, 9.17) is 4.74 Å². The van der Waals surface area contributed by atoms with Gasteiger partial charge in [0.25, 0.3) is 0 Å². The van der Waals surface area contributed by atoms with E-state index < -0.39 is 0 Å². The van der Waals surface area contributed by atoms with Crippen LogP contribution in [0.1, 0.15) is 56.5 Å². The van der Waals surface area contributed by atoms with E-state index in [9.17, 15) is 4.79 Å². The van der Waals surface area contributed by atoms with Crippen molar-refractivity contribution in [3.05, 3.63) is 10.6 Å². The van der Waals surface area contributed by atoms with E-state index >= 15 is 0 Å². The van der Waals surface area contributed by atoms with Gasteiger partial charge in [0.1, 0.15) is 5.92 Å². The zero-order chi connectivity index (χ0) is 14.5. The Morgan fingerprint density at radius 2 is 2.20 bits per heavy atom. The van der Waals surface area contributed by atoms with Crippen LogP contribution >= 0.6 is 11.3 Å². The van der Waals surface area contributed by atoms with Gasteiger partial charge in [0, 0.05) is 11.4 Å². The summed E-state index contributed by atoms with van der Waals surface area (Å²) in [7, 11) is 0. The Labute approximate surface area is 124 Å². The maximum Gasteiger partial charge on any atom is 0.315 e. The lowest BCUT2D eigenvalue weighted by Crippen LogP contribution is -2.15. The monoisotopic (exact) mass is 296 g/mol. The molecule has 1 aromatic heterocycles. The highest BCUT2D eigenvalue weighted by Crippen LogP contribution is 2.39. The summed E-state index contributed by atoms with van der Waals surface area (Å²) >= 11 is 1.69. The molecule has 1 aliphatic carbocycles. The summed E-state index contributed by atoms with van der Waals surface area (Å²) in [5.41, 5.74) is 0.945. The number of aryl methyl sites for hydroxylation is 1. The van der Waals surface area contributed by atoms with Gasteiger partial charge in [-0.2, -0.15) is 0 Å². The van der Waals surface area contributed by atoms with Crippen LogP contribution in [0, 0.1) is 5.92 Å². The molecule has 1 heterocycles. The number of thiazole rings is 1. The Morgan fingerprint density at radius 3 is 2.85 bits per heavy atom. The molecule has 1 unspecified atom stereocenters. The van der Waals surface area contributed by atoms with Gasteiger partial charge in [-0.3, -0.25) is 4.79 Å². The van der Waals surface area contributed by atoms with Crippen LogP contribution < -0.4 is 5.32 Å². The molecule has 1 aliphatic rings. The van der Waals surface area contributed by atoms with E-state index in [1.54, 1.807) is 11.3 Å². The second-order valence-corrected chi connectivity index (χ2v) is 6.32. The Kier molecular flexibility index (Phi) is 5.40. The summed E-state index contributed by atoms with van der Waals surface area (Å²) in [4.78, 5) is 17.8. The van der Waals surface area contributed by atoms with Crippen LogP contribution in [0.2, 0.25) is 0 Å². The summed E-state index contributed by atoms with van der Waals surface area (Å²) in [6, 6.07) is 0. The second kappa shape index (κ2) is 7.07. The minimum atomic E-state index is -0.148. The Hall–Kier alpha value is -1.10. The van der Waals surface area contributed by atoms with E-state index in [1.807, 2.05) is 6.92 Å². The van der Waals surface area contributed by atoms with Crippen LogP contribution in [0.15, 0.2) is 0 Å². The van der Waals surface area contributed by atoms with Crippen molar-refractivity contribution < 1.29 is 9.53 Å². The second-order valence-electron chi connectivity index (χ2n) is 5.23. The van der Waals surface area contributed by atoms with Crippen LogP contribution in [0.5, 0.6) is 0 Å². The van der Waals surface area contributed by atoms with Gasteiger partial charge in [-0.15, -0.1) is 11.3 Å². The van der Waals surface area contributed by atoms with Crippen molar-refractivity contribution in [2.24, 2.45) is 5.92 Å². The molecule has 4 nitrogen and oxygen atoms in total. The van der Waals surface area contributed by atoms with E-state index in [-0.39, 0.29) is 11.9 Å². The number of fused-ring (bicyclic) bond motifs is 1. The molecule has 0 amide bonds. The van der Waals surface area contributed by atoms with Gasteiger partial charge in [0.2, 0.25) is 0 Å². The number of hydrogen-bond acceptors (Lipinski definition) is 5. The molecule has 112 valence electrons. The number of esters is 1. The molecule has 0 spiro atoms. The average molecular weight is 296 g/mol. The Morgan fingerprint density at radius 1 is 1.45 bits per heavy atom. The lowest BCUT2D eigenvalue weighted by atomic mass is 10.0. The Balaban J connectivity index is 1.99. The number of nitrogens with zero attached hydrogens (tertiary/aromatic N) is 1. The van der Waals surface area contributed by atoms with Gasteiger partial charge in [0.15, 0.2) is 5.13 Å². The van der Waals surface area contributed by atoms with Crippen molar-refractivity contribution >= 4 is 22.4 Å².